The van der Waals surface area contributed by atoms with Gasteiger partial charge >= 0.3 is 0 Å². The van der Waals surface area contributed by atoms with E-state index in [2.05, 4.69) is 11.7 Å². The molecule has 0 unspecified atom stereocenters. The van der Waals surface area contributed by atoms with Crippen molar-refractivity contribution in [3.8, 4) is 0 Å². The molecule has 0 fully saturated rings. The van der Waals surface area contributed by atoms with Gasteiger partial charge < -0.3 is 0 Å². The first-order valence-corrected chi connectivity index (χ1v) is 3.90. The lowest BCUT2D eigenvalue weighted by atomic mass is 10.4. The van der Waals surface area contributed by atoms with Gasteiger partial charge in [0.2, 0.25) is 0 Å². The lowest BCUT2D eigenvalue weighted by Gasteiger charge is -2.11. The molecule has 0 saturated heterocycles. The average Bonchev–Trinajstić information content (AvgIpc) is 2.10. The van der Waals surface area contributed by atoms with Gasteiger partial charge in [-0.05, 0) is 26.0 Å². The van der Waals surface area contributed by atoms with Gasteiger partial charge in [0.15, 0.2) is 0 Å². The van der Waals surface area contributed by atoms with Gasteiger partial charge in [0.25, 0.3) is 0 Å². The van der Waals surface area contributed by atoms with E-state index >= 15 is 0 Å². The van der Waals surface area contributed by atoms with Crippen LogP contribution < -0.4 is 0 Å². The molecule has 66 valence electrons. The van der Waals surface area contributed by atoms with Crippen molar-refractivity contribution in [2.75, 3.05) is 7.05 Å². The third kappa shape index (κ3) is 4.50. The summed E-state index contributed by atoms with van der Waals surface area (Å²) in [5, 5.41) is 5.88. The van der Waals surface area contributed by atoms with Crippen LogP contribution in [0.3, 0.4) is 0 Å². The van der Waals surface area contributed by atoms with Gasteiger partial charge in [-0.2, -0.15) is 5.10 Å². The Labute approximate surface area is 74.6 Å². The number of allylic oxidation sites excluding steroid dienone is 5. The van der Waals surface area contributed by atoms with Gasteiger partial charge in [-0.1, -0.05) is 18.7 Å². The summed E-state index contributed by atoms with van der Waals surface area (Å²) in [7, 11) is 1.90. The van der Waals surface area contributed by atoms with Crippen LogP contribution in [0, 0.1) is 0 Å². The number of hydrazone groups is 1. The zero-order valence-electron chi connectivity index (χ0n) is 7.99. The summed E-state index contributed by atoms with van der Waals surface area (Å²) in [6.45, 7) is 7.53. The van der Waals surface area contributed by atoms with Crippen molar-refractivity contribution in [2.45, 2.75) is 13.8 Å². The van der Waals surface area contributed by atoms with E-state index in [1.807, 2.05) is 39.1 Å². The van der Waals surface area contributed by atoms with Crippen molar-refractivity contribution in [3.63, 3.8) is 0 Å². The zero-order valence-corrected chi connectivity index (χ0v) is 7.99. The summed E-state index contributed by atoms with van der Waals surface area (Å²) in [6, 6.07) is 0. The van der Waals surface area contributed by atoms with Crippen molar-refractivity contribution >= 4 is 6.21 Å². The van der Waals surface area contributed by atoms with Crippen molar-refractivity contribution in [2.24, 2.45) is 5.10 Å². The highest BCUT2D eigenvalue weighted by atomic mass is 15.4. The molecule has 0 N–H and O–H groups in total. The van der Waals surface area contributed by atoms with Crippen LogP contribution in [0.2, 0.25) is 0 Å². The molecule has 0 aromatic carbocycles. The molecule has 0 spiro atoms. The zero-order chi connectivity index (χ0) is 9.40. The van der Waals surface area contributed by atoms with Gasteiger partial charge in [0.05, 0.1) is 0 Å². The first-order chi connectivity index (χ1) is 5.72. The lowest BCUT2D eigenvalue weighted by Crippen LogP contribution is -2.07. The Kier molecular flexibility index (Phi) is 5.70. The molecule has 0 rings (SSSR count). The summed E-state index contributed by atoms with van der Waals surface area (Å²) in [4.78, 5) is 0. The summed E-state index contributed by atoms with van der Waals surface area (Å²) < 4.78 is 0. The molecule has 0 heterocycles. The highest BCUT2D eigenvalue weighted by molar-refractivity contribution is 5.69. The van der Waals surface area contributed by atoms with Crippen molar-refractivity contribution < 1.29 is 0 Å². The van der Waals surface area contributed by atoms with E-state index in [4.69, 9.17) is 0 Å². The number of nitrogens with zero attached hydrogens (tertiary/aromatic N) is 2. The monoisotopic (exact) mass is 164 g/mol. The standard InChI is InChI=1S/C10H16N2/c1-5-7-8-10(3)12(4)11-9-6-2/h5-9H,2H2,1,3-4H3. The van der Waals surface area contributed by atoms with Crippen LogP contribution in [0.25, 0.3) is 0 Å². The first-order valence-electron chi connectivity index (χ1n) is 3.90. The van der Waals surface area contributed by atoms with E-state index < -0.39 is 0 Å². The molecule has 0 bridgehead atoms. The van der Waals surface area contributed by atoms with E-state index in [1.54, 1.807) is 17.3 Å². The van der Waals surface area contributed by atoms with Crippen LogP contribution >= 0.6 is 0 Å². The minimum absolute atomic E-state index is 1.09. The highest BCUT2D eigenvalue weighted by Crippen LogP contribution is 1.99. The van der Waals surface area contributed by atoms with Crippen LogP contribution in [0.1, 0.15) is 13.8 Å². The molecule has 0 saturated carbocycles. The fraction of sp³-hybridized carbons (Fsp3) is 0.300. The Balaban J connectivity index is 4.17. The summed E-state index contributed by atoms with van der Waals surface area (Å²) in [6.07, 6.45) is 9.27. The second-order valence-electron chi connectivity index (χ2n) is 2.36. The molecule has 12 heavy (non-hydrogen) atoms. The molecule has 0 aliphatic carbocycles. The van der Waals surface area contributed by atoms with E-state index in [9.17, 15) is 0 Å². The quantitative estimate of drug-likeness (QED) is 0.354. The van der Waals surface area contributed by atoms with E-state index in [-0.39, 0.29) is 0 Å². The molecule has 2 heteroatoms. The van der Waals surface area contributed by atoms with Crippen LogP contribution in [0.15, 0.2) is 41.7 Å². The normalized spacial score (nSPS) is 12.8. The Hall–Kier alpha value is -1.31. The fourth-order valence-electron chi connectivity index (χ4n) is 0.582. The molecule has 2 nitrogen and oxygen atoms in total. The molecule has 0 aromatic rings. The van der Waals surface area contributed by atoms with E-state index in [0.29, 0.717) is 0 Å². The summed E-state index contributed by atoms with van der Waals surface area (Å²) in [5.74, 6) is 0. The minimum atomic E-state index is 1.09. The predicted molar refractivity (Wildman–Crippen MR) is 55.0 cm³/mol. The first kappa shape index (κ1) is 10.7. The van der Waals surface area contributed by atoms with Crippen molar-refractivity contribution in [3.05, 3.63) is 36.6 Å². The van der Waals surface area contributed by atoms with Crippen molar-refractivity contribution in [1.29, 1.82) is 0 Å². The number of hydrogen-bond acceptors (Lipinski definition) is 2. The third-order valence-corrected chi connectivity index (χ3v) is 1.39. The van der Waals surface area contributed by atoms with Crippen LogP contribution in [0.5, 0.6) is 0 Å². The lowest BCUT2D eigenvalue weighted by molar-refractivity contribution is 0.450. The van der Waals surface area contributed by atoms with Crippen LogP contribution in [0.4, 0.5) is 0 Å². The Bertz CT molecular complexity index is 212. The fourth-order valence-corrected chi connectivity index (χ4v) is 0.582. The molecule has 0 aromatic heterocycles. The van der Waals surface area contributed by atoms with E-state index in [1.165, 1.54) is 0 Å². The maximum absolute atomic E-state index is 4.08. The topological polar surface area (TPSA) is 15.6 Å². The SMILES string of the molecule is C=CC=NN(C)C(C)=CC=CC. The average molecular weight is 164 g/mol. The molecule has 0 amide bonds. The molecule has 0 aliphatic heterocycles. The summed E-state index contributed by atoms with van der Waals surface area (Å²) in [5.41, 5.74) is 1.09. The molecule has 0 radical (unpaired) electrons. The second-order valence-corrected chi connectivity index (χ2v) is 2.36. The second kappa shape index (κ2) is 6.40. The Morgan fingerprint density at radius 2 is 2.17 bits per heavy atom. The molecule has 0 aliphatic rings. The van der Waals surface area contributed by atoms with Crippen LogP contribution in [-0.2, 0) is 0 Å². The van der Waals surface area contributed by atoms with Gasteiger partial charge in [-0.15, -0.1) is 0 Å². The van der Waals surface area contributed by atoms with Gasteiger partial charge in [-0.3, -0.25) is 5.01 Å². The Morgan fingerprint density at radius 3 is 2.67 bits per heavy atom. The van der Waals surface area contributed by atoms with Gasteiger partial charge in [0, 0.05) is 19.0 Å². The van der Waals surface area contributed by atoms with Crippen molar-refractivity contribution in [1.82, 2.24) is 5.01 Å². The largest absolute Gasteiger partial charge is 0.273 e. The number of hydrogen-bond donors (Lipinski definition) is 0. The van der Waals surface area contributed by atoms with Crippen LogP contribution in [-0.4, -0.2) is 18.3 Å². The Morgan fingerprint density at radius 1 is 1.50 bits per heavy atom. The van der Waals surface area contributed by atoms with Gasteiger partial charge in [0.1, 0.15) is 0 Å². The summed E-state index contributed by atoms with van der Waals surface area (Å²) >= 11 is 0. The molecular formula is C10H16N2. The van der Waals surface area contributed by atoms with E-state index in [0.717, 1.165) is 5.70 Å². The maximum Gasteiger partial charge on any atom is 0.0468 e. The predicted octanol–water partition coefficient (Wildman–Crippen LogP) is 2.57. The highest BCUT2D eigenvalue weighted by Gasteiger charge is 1.90. The van der Waals surface area contributed by atoms with Gasteiger partial charge in [-0.25, -0.2) is 0 Å². The smallest absolute Gasteiger partial charge is 0.0468 e. The molecular weight excluding hydrogens is 148 g/mol. The molecule has 0 atom stereocenters. The minimum Gasteiger partial charge on any atom is -0.273 e. The maximum atomic E-state index is 4.08. The number of rotatable bonds is 4. The third-order valence-electron chi connectivity index (χ3n) is 1.39.